The molecule has 1 amide bonds. The summed E-state index contributed by atoms with van der Waals surface area (Å²) in [5.74, 6) is 0.123. The van der Waals surface area contributed by atoms with E-state index in [0.29, 0.717) is 0 Å². The Hall–Kier alpha value is -2.14. The van der Waals surface area contributed by atoms with Crippen molar-refractivity contribution in [1.29, 1.82) is 0 Å². The highest BCUT2D eigenvalue weighted by atomic mass is 16.2. The average molecular weight is 340 g/mol. The van der Waals surface area contributed by atoms with E-state index in [1.165, 1.54) is 5.56 Å². The zero-order chi connectivity index (χ0) is 17.8. The second-order valence-corrected chi connectivity index (χ2v) is 6.73. The smallest absolute Gasteiger partial charge is 0.257 e. The van der Waals surface area contributed by atoms with Crippen molar-refractivity contribution in [3.8, 4) is 5.69 Å². The highest BCUT2D eigenvalue weighted by Gasteiger charge is 2.25. The molecule has 2 aromatic rings. The maximum atomic E-state index is 13.0. The van der Waals surface area contributed by atoms with Crippen LogP contribution in [0, 0.1) is 6.92 Å². The number of carbonyl (C=O) groups is 1. The summed E-state index contributed by atoms with van der Waals surface area (Å²) in [6, 6.07) is 8.29. The Bertz CT molecular complexity index is 712. The van der Waals surface area contributed by atoms with Gasteiger partial charge in [-0.25, -0.2) is 4.68 Å². The van der Waals surface area contributed by atoms with Crippen LogP contribution in [-0.2, 0) is 6.42 Å². The number of likely N-dealkylation sites (N-methyl/N-ethyl adjacent to an activating group) is 1. The van der Waals surface area contributed by atoms with Crippen molar-refractivity contribution in [3.63, 3.8) is 0 Å². The highest BCUT2D eigenvalue weighted by molar-refractivity contribution is 5.95. The summed E-state index contributed by atoms with van der Waals surface area (Å²) in [5, 5.41) is 4.54. The number of carbonyl (C=O) groups excluding carboxylic acids is 1. The van der Waals surface area contributed by atoms with Gasteiger partial charge in [0.15, 0.2) is 0 Å². The van der Waals surface area contributed by atoms with Gasteiger partial charge in [0.05, 0.1) is 23.1 Å². The molecule has 0 spiro atoms. The minimum Gasteiger partial charge on any atom is -0.336 e. The first-order chi connectivity index (χ1) is 12.1. The van der Waals surface area contributed by atoms with Crippen LogP contribution in [0.3, 0.4) is 0 Å². The maximum absolute atomic E-state index is 13.0. The van der Waals surface area contributed by atoms with E-state index in [4.69, 9.17) is 0 Å². The molecule has 25 heavy (non-hydrogen) atoms. The Morgan fingerprint density at radius 2 is 1.76 bits per heavy atom. The summed E-state index contributed by atoms with van der Waals surface area (Å²) in [5.41, 5.74) is 4.02. The van der Waals surface area contributed by atoms with E-state index in [2.05, 4.69) is 55.0 Å². The SMILES string of the molecule is CCCc1c(C(=O)N2CCN(CC)CC2)cnn1-c1ccc(C)cc1. The Kier molecular flexibility index (Phi) is 5.53. The summed E-state index contributed by atoms with van der Waals surface area (Å²) < 4.78 is 1.93. The van der Waals surface area contributed by atoms with Crippen molar-refractivity contribution in [1.82, 2.24) is 19.6 Å². The van der Waals surface area contributed by atoms with Gasteiger partial charge in [-0.2, -0.15) is 5.10 Å². The molecule has 1 aliphatic rings. The van der Waals surface area contributed by atoms with Gasteiger partial charge in [-0.3, -0.25) is 4.79 Å². The van der Waals surface area contributed by atoms with Crippen LogP contribution >= 0.6 is 0 Å². The first-order valence-corrected chi connectivity index (χ1v) is 9.29. The monoisotopic (exact) mass is 340 g/mol. The third-order valence-electron chi connectivity index (χ3n) is 4.97. The third kappa shape index (κ3) is 3.76. The minimum absolute atomic E-state index is 0.123. The molecule has 1 aliphatic heterocycles. The standard InChI is InChI=1S/C20H28N4O/c1-4-6-19-18(20(25)23-13-11-22(5-2)12-14-23)15-21-24(19)17-9-7-16(3)8-10-17/h7-10,15H,4-6,11-14H2,1-3H3. The third-order valence-corrected chi connectivity index (χ3v) is 4.97. The van der Waals surface area contributed by atoms with Crippen LogP contribution in [0.1, 0.15) is 41.9 Å². The molecule has 2 heterocycles. The molecule has 1 fully saturated rings. The van der Waals surface area contributed by atoms with Gasteiger partial charge < -0.3 is 9.80 Å². The first kappa shape index (κ1) is 17.7. The van der Waals surface area contributed by atoms with Crippen molar-refractivity contribution >= 4 is 5.91 Å². The van der Waals surface area contributed by atoms with E-state index >= 15 is 0 Å². The van der Waals surface area contributed by atoms with Crippen LogP contribution in [0.5, 0.6) is 0 Å². The van der Waals surface area contributed by atoms with Crippen molar-refractivity contribution in [2.45, 2.75) is 33.6 Å². The topological polar surface area (TPSA) is 41.4 Å². The lowest BCUT2D eigenvalue weighted by molar-refractivity contribution is 0.0642. The summed E-state index contributed by atoms with van der Waals surface area (Å²) in [7, 11) is 0. The van der Waals surface area contributed by atoms with Crippen LogP contribution in [-0.4, -0.2) is 58.2 Å². The average Bonchev–Trinajstić information content (AvgIpc) is 3.06. The van der Waals surface area contributed by atoms with Gasteiger partial charge in [0, 0.05) is 26.2 Å². The summed E-state index contributed by atoms with van der Waals surface area (Å²) in [6.07, 6.45) is 3.59. The fourth-order valence-corrected chi connectivity index (χ4v) is 3.38. The van der Waals surface area contributed by atoms with Crippen LogP contribution in [0.15, 0.2) is 30.5 Å². The summed E-state index contributed by atoms with van der Waals surface area (Å²) in [6.45, 7) is 10.9. The van der Waals surface area contributed by atoms with E-state index in [1.54, 1.807) is 6.20 Å². The van der Waals surface area contributed by atoms with Crippen LogP contribution < -0.4 is 0 Å². The number of hydrogen-bond acceptors (Lipinski definition) is 3. The molecule has 0 radical (unpaired) electrons. The van der Waals surface area contributed by atoms with E-state index in [9.17, 15) is 4.79 Å². The zero-order valence-electron chi connectivity index (χ0n) is 15.5. The molecule has 0 saturated carbocycles. The molecule has 1 saturated heterocycles. The molecule has 0 aliphatic carbocycles. The highest BCUT2D eigenvalue weighted by Crippen LogP contribution is 2.20. The molecule has 0 unspecified atom stereocenters. The maximum Gasteiger partial charge on any atom is 0.257 e. The van der Waals surface area contributed by atoms with Gasteiger partial charge in [0.1, 0.15) is 0 Å². The number of nitrogens with zero attached hydrogens (tertiary/aromatic N) is 4. The number of benzene rings is 1. The lowest BCUT2D eigenvalue weighted by atomic mass is 10.1. The number of amides is 1. The van der Waals surface area contributed by atoms with Crippen molar-refractivity contribution in [2.24, 2.45) is 0 Å². The lowest BCUT2D eigenvalue weighted by Crippen LogP contribution is -2.48. The van der Waals surface area contributed by atoms with Crippen LogP contribution in [0.25, 0.3) is 5.69 Å². The predicted octanol–water partition coefficient (Wildman–Crippen LogP) is 2.91. The predicted molar refractivity (Wildman–Crippen MR) is 100 cm³/mol. The molecule has 0 bridgehead atoms. The number of aromatic nitrogens is 2. The Morgan fingerprint density at radius 1 is 1.08 bits per heavy atom. The fraction of sp³-hybridized carbons (Fsp3) is 0.500. The molecule has 1 aromatic carbocycles. The normalized spacial score (nSPS) is 15.6. The number of hydrogen-bond donors (Lipinski definition) is 0. The lowest BCUT2D eigenvalue weighted by Gasteiger charge is -2.34. The van der Waals surface area contributed by atoms with Gasteiger partial charge in [-0.1, -0.05) is 38.0 Å². The van der Waals surface area contributed by atoms with Crippen molar-refractivity contribution in [3.05, 3.63) is 47.3 Å². The Labute approximate surface area is 150 Å². The molecular weight excluding hydrogens is 312 g/mol. The molecule has 0 N–H and O–H groups in total. The first-order valence-electron chi connectivity index (χ1n) is 9.29. The molecule has 0 atom stereocenters. The van der Waals surface area contributed by atoms with E-state index in [-0.39, 0.29) is 5.91 Å². The molecule has 1 aromatic heterocycles. The van der Waals surface area contributed by atoms with Gasteiger partial charge in [-0.15, -0.1) is 0 Å². The molecule has 5 heteroatoms. The summed E-state index contributed by atoms with van der Waals surface area (Å²) >= 11 is 0. The quantitative estimate of drug-likeness (QED) is 0.840. The van der Waals surface area contributed by atoms with E-state index in [1.807, 2.05) is 9.58 Å². The zero-order valence-corrected chi connectivity index (χ0v) is 15.5. The number of rotatable bonds is 5. The molecule has 134 valence electrons. The van der Waals surface area contributed by atoms with E-state index in [0.717, 1.165) is 62.5 Å². The van der Waals surface area contributed by atoms with Gasteiger partial charge in [-0.05, 0) is 32.0 Å². The molecule has 3 rings (SSSR count). The van der Waals surface area contributed by atoms with Crippen LogP contribution in [0.2, 0.25) is 0 Å². The fourth-order valence-electron chi connectivity index (χ4n) is 3.38. The second-order valence-electron chi connectivity index (χ2n) is 6.73. The van der Waals surface area contributed by atoms with Crippen LogP contribution in [0.4, 0.5) is 0 Å². The van der Waals surface area contributed by atoms with Gasteiger partial charge in [0.25, 0.3) is 5.91 Å². The van der Waals surface area contributed by atoms with Crippen molar-refractivity contribution in [2.75, 3.05) is 32.7 Å². The second kappa shape index (κ2) is 7.83. The molecular formula is C20H28N4O. The van der Waals surface area contributed by atoms with Gasteiger partial charge >= 0.3 is 0 Å². The van der Waals surface area contributed by atoms with Crippen molar-refractivity contribution < 1.29 is 4.79 Å². The minimum atomic E-state index is 0.123. The summed E-state index contributed by atoms with van der Waals surface area (Å²) in [4.78, 5) is 17.4. The number of aryl methyl sites for hydroxylation is 1. The Morgan fingerprint density at radius 3 is 2.36 bits per heavy atom. The van der Waals surface area contributed by atoms with E-state index < -0.39 is 0 Å². The molecule has 5 nitrogen and oxygen atoms in total. The van der Waals surface area contributed by atoms with Gasteiger partial charge in [0.2, 0.25) is 0 Å². The largest absolute Gasteiger partial charge is 0.336 e. The Balaban J connectivity index is 1.86. The number of piperazine rings is 1.